The van der Waals surface area contributed by atoms with Gasteiger partial charge in [0.2, 0.25) is 5.91 Å². The summed E-state index contributed by atoms with van der Waals surface area (Å²) < 4.78 is 20.7. The van der Waals surface area contributed by atoms with Crippen LogP contribution >= 0.6 is 0 Å². The zero-order chi connectivity index (χ0) is 22.8. The molecule has 5 rings (SSSR count). The Labute approximate surface area is 190 Å². The summed E-state index contributed by atoms with van der Waals surface area (Å²) in [4.78, 5) is 23.8. The molecule has 1 aromatic carbocycles. The van der Waals surface area contributed by atoms with Crippen LogP contribution in [0.15, 0.2) is 30.5 Å². The molecule has 2 aliphatic rings. The summed E-state index contributed by atoms with van der Waals surface area (Å²) in [5.41, 5.74) is 2.05. The van der Waals surface area contributed by atoms with Gasteiger partial charge in [0.05, 0.1) is 30.3 Å². The minimum absolute atomic E-state index is 0.0157. The highest BCUT2D eigenvalue weighted by atomic mass is 19.1. The smallest absolute Gasteiger partial charge is 0.224 e. The Hall–Kier alpha value is -3.11. The number of nitrogens with zero attached hydrogens (tertiary/aromatic N) is 5. The van der Waals surface area contributed by atoms with E-state index in [1.165, 1.54) is 0 Å². The number of ether oxygens (including phenoxy) is 1. The summed E-state index contributed by atoms with van der Waals surface area (Å²) in [6.45, 7) is 1.10. The molecule has 2 unspecified atom stereocenters. The SMILES string of the molecule is O=C(CCCO)Nc1ccc(-c2nc(N3CC4CCC(C3)O4)c3cnn(CCF)c3n2)cc1. The molecule has 174 valence electrons. The van der Waals surface area contributed by atoms with E-state index in [0.717, 1.165) is 42.7 Å². The average molecular weight is 455 g/mol. The van der Waals surface area contributed by atoms with Crippen LogP contribution in [0.25, 0.3) is 22.4 Å². The van der Waals surface area contributed by atoms with Crippen molar-refractivity contribution in [2.75, 3.05) is 36.6 Å². The van der Waals surface area contributed by atoms with Gasteiger partial charge in [-0.15, -0.1) is 0 Å². The van der Waals surface area contributed by atoms with Gasteiger partial charge in [-0.05, 0) is 43.5 Å². The van der Waals surface area contributed by atoms with E-state index in [4.69, 9.17) is 19.8 Å². The van der Waals surface area contributed by atoms with E-state index >= 15 is 0 Å². The zero-order valence-electron chi connectivity index (χ0n) is 18.3. The predicted octanol–water partition coefficient (Wildman–Crippen LogP) is 2.54. The summed E-state index contributed by atoms with van der Waals surface area (Å²) in [5.74, 6) is 1.17. The molecule has 1 amide bonds. The maximum atomic E-state index is 13.1. The molecule has 0 aliphatic carbocycles. The Morgan fingerprint density at radius 3 is 2.64 bits per heavy atom. The van der Waals surface area contributed by atoms with Crippen molar-refractivity contribution in [3.63, 3.8) is 0 Å². The zero-order valence-corrected chi connectivity index (χ0v) is 18.3. The van der Waals surface area contributed by atoms with Crippen LogP contribution in [0.1, 0.15) is 25.7 Å². The molecule has 2 fully saturated rings. The molecule has 10 heteroatoms. The van der Waals surface area contributed by atoms with Gasteiger partial charge in [-0.25, -0.2) is 19.0 Å². The van der Waals surface area contributed by atoms with Gasteiger partial charge in [0.15, 0.2) is 11.5 Å². The molecule has 4 heterocycles. The van der Waals surface area contributed by atoms with Gasteiger partial charge in [0.1, 0.15) is 12.5 Å². The highest BCUT2D eigenvalue weighted by Gasteiger charge is 2.35. The molecule has 2 aromatic heterocycles. The van der Waals surface area contributed by atoms with Gasteiger partial charge in [0.25, 0.3) is 0 Å². The fourth-order valence-corrected chi connectivity index (χ4v) is 4.51. The second kappa shape index (κ2) is 9.40. The summed E-state index contributed by atoms with van der Waals surface area (Å²) in [6.07, 6.45) is 4.91. The molecule has 2 N–H and O–H groups in total. The third kappa shape index (κ3) is 4.53. The van der Waals surface area contributed by atoms with Crippen molar-refractivity contribution in [1.29, 1.82) is 0 Å². The maximum Gasteiger partial charge on any atom is 0.224 e. The summed E-state index contributed by atoms with van der Waals surface area (Å²) in [7, 11) is 0. The molecule has 2 atom stereocenters. The quantitative estimate of drug-likeness (QED) is 0.539. The van der Waals surface area contributed by atoms with Crippen molar-refractivity contribution >= 4 is 28.4 Å². The van der Waals surface area contributed by atoms with Crippen LogP contribution in [-0.2, 0) is 16.1 Å². The molecular weight excluding hydrogens is 427 g/mol. The lowest BCUT2D eigenvalue weighted by molar-refractivity contribution is -0.116. The van der Waals surface area contributed by atoms with Gasteiger partial charge in [-0.2, -0.15) is 5.10 Å². The highest BCUT2D eigenvalue weighted by molar-refractivity contribution is 5.91. The number of anilines is 2. The number of fused-ring (bicyclic) bond motifs is 3. The third-order valence-corrected chi connectivity index (χ3v) is 6.10. The van der Waals surface area contributed by atoms with E-state index in [9.17, 15) is 9.18 Å². The number of hydrogen-bond acceptors (Lipinski definition) is 7. The molecule has 33 heavy (non-hydrogen) atoms. The normalized spacial score (nSPS) is 19.9. The first kappa shape index (κ1) is 21.7. The second-order valence-corrected chi connectivity index (χ2v) is 8.48. The molecule has 2 aliphatic heterocycles. The summed E-state index contributed by atoms with van der Waals surface area (Å²) >= 11 is 0. The summed E-state index contributed by atoms with van der Waals surface area (Å²) in [6, 6.07) is 7.30. The number of aliphatic hydroxyl groups is 1. The van der Waals surface area contributed by atoms with Gasteiger partial charge in [-0.1, -0.05) is 0 Å². The van der Waals surface area contributed by atoms with E-state index in [-0.39, 0.29) is 37.7 Å². The molecule has 3 aromatic rings. The number of aromatic nitrogens is 4. The lowest BCUT2D eigenvalue weighted by Crippen LogP contribution is -2.43. The lowest BCUT2D eigenvalue weighted by Gasteiger charge is -2.33. The number of aryl methyl sites for hydroxylation is 1. The first-order chi connectivity index (χ1) is 16.1. The number of hydrogen-bond donors (Lipinski definition) is 2. The largest absolute Gasteiger partial charge is 0.396 e. The number of rotatable bonds is 8. The van der Waals surface area contributed by atoms with Crippen LogP contribution < -0.4 is 10.2 Å². The van der Waals surface area contributed by atoms with E-state index < -0.39 is 6.67 Å². The molecule has 2 bridgehead atoms. The van der Waals surface area contributed by atoms with Crippen LogP contribution in [0, 0.1) is 0 Å². The molecule has 2 saturated heterocycles. The Morgan fingerprint density at radius 2 is 1.94 bits per heavy atom. The van der Waals surface area contributed by atoms with Crippen molar-refractivity contribution < 1.29 is 19.0 Å². The monoisotopic (exact) mass is 454 g/mol. The van der Waals surface area contributed by atoms with Crippen LogP contribution in [0.2, 0.25) is 0 Å². The minimum Gasteiger partial charge on any atom is -0.396 e. The third-order valence-electron chi connectivity index (χ3n) is 6.10. The Morgan fingerprint density at radius 1 is 1.18 bits per heavy atom. The number of halogens is 1. The number of nitrogens with one attached hydrogen (secondary N) is 1. The minimum atomic E-state index is -0.530. The van der Waals surface area contributed by atoms with Crippen molar-refractivity contribution in [3.8, 4) is 11.4 Å². The number of amides is 1. The van der Waals surface area contributed by atoms with Crippen LogP contribution in [0.4, 0.5) is 15.9 Å². The maximum absolute atomic E-state index is 13.1. The first-order valence-corrected chi connectivity index (χ1v) is 11.4. The molecule has 0 spiro atoms. The Bertz CT molecular complexity index is 1120. The van der Waals surface area contributed by atoms with Crippen molar-refractivity contribution in [1.82, 2.24) is 19.7 Å². The van der Waals surface area contributed by atoms with Gasteiger partial charge in [0, 0.05) is 37.4 Å². The Kier molecular flexibility index (Phi) is 6.19. The number of carbonyl (C=O) groups is 1. The number of alkyl halides is 1. The fraction of sp³-hybridized carbons (Fsp3) is 0.478. The Balaban J connectivity index is 1.47. The standard InChI is InChI=1S/C23H27FN6O3/c24-9-10-30-23-19(12-25-30)22(29-13-17-7-8-18(14-29)33-17)27-21(28-23)15-3-5-16(6-4-15)26-20(32)2-1-11-31/h3-6,12,17-18,31H,1-2,7-11,13-14H2,(H,26,32). The van der Waals surface area contributed by atoms with Gasteiger partial charge < -0.3 is 20.1 Å². The van der Waals surface area contributed by atoms with Gasteiger partial charge in [-0.3, -0.25) is 4.79 Å². The number of aliphatic hydroxyl groups excluding tert-OH is 1. The molecule has 0 saturated carbocycles. The fourth-order valence-electron chi connectivity index (χ4n) is 4.51. The van der Waals surface area contributed by atoms with Crippen molar-refractivity contribution in [2.45, 2.75) is 44.4 Å². The molecule has 9 nitrogen and oxygen atoms in total. The van der Waals surface area contributed by atoms with Crippen LogP contribution in [0.5, 0.6) is 0 Å². The molecule has 0 radical (unpaired) electrons. The lowest BCUT2D eigenvalue weighted by atomic mass is 10.1. The van der Waals surface area contributed by atoms with E-state index in [2.05, 4.69) is 15.3 Å². The van der Waals surface area contributed by atoms with Crippen molar-refractivity contribution in [3.05, 3.63) is 30.5 Å². The average Bonchev–Trinajstić information content (AvgIpc) is 3.39. The summed E-state index contributed by atoms with van der Waals surface area (Å²) in [5, 5.41) is 16.8. The van der Waals surface area contributed by atoms with Crippen molar-refractivity contribution in [2.24, 2.45) is 0 Å². The second-order valence-electron chi connectivity index (χ2n) is 8.48. The number of carbonyl (C=O) groups excluding carboxylic acids is 1. The first-order valence-electron chi connectivity index (χ1n) is 11.4. The highest BCUT2D eigenvalue weighted by Crippen LogP contribution is 2.33. The van der Waals surface area contributed by atoms with Crippen LogP contribution in [0.3, 0.4) is 0 Å². The van der Waals surface area contributed by atoms with E-state index in [1.54, 1.807) is 23.0 Å². The number of benzene rings is 1. The van der Waals surface area contributed by atoms with E-state index in [1.807, 2.05) is 12.1 Å². The topological polar surface area (TPSA) is 105 Å². The number of morpholine rings is 1. The van der Waals surface area contributed by atoms with Crippen LogP contribution in [-0.4, -0.2) is 69.3 Å². The predicted molar refractivity (Wildman–Crippen MR) is 122 cm³/mol. The molecular formula is C23H27FN6O3. The van der Waals surface area contributed by atoms with E-state index in [0.29, 0.717) is 23.6 Å². The van der Waals surface area contributed by atoms with Gasteiger partial charge >= 0.3 is 0 Å².